The number of carbonyl (C=O) groups is 1. The predicted octanol–water partition coefficient (Wildman–Crippen LogP) is 2.71. The molecule has 126 valence electrons. The molecular formula is C18H19NO4S. The van der Waals surface area contributed by atoms with Gasteiger partial charge in [-0.1, -0.05) is 42.5 Å². The fourth-order valence-corrected chi connectivity index (χ4v) is 3.69. The Kier molecular flexibility index (Phi) is 4.69. The van der Waals surface area contributed by atoms with Crippen LogP contribution in [0.3, 0.4) is 0 Å². The van der Waals surface area contributed by atoms with Crippen molar-refractivity contribution >= 4 is 16.0 Å². The number of carboxylic acids is 1. The van der Waals surface area contributed by atoms with E-state index in [4.69, 9.17) is 0 Å². The van der Waals surface area contributed by atoms with Crippen LogP contribution in [0.15, 0.2) is 59.5 Å². The van der Waals surface area contributed by atoms with Crippen LogP contribution in [0.25, 0.3) is 0 Å². The third-order valence-electron chi connectivity index (χ3n) is 4.22. The summed E-state index contributed by atoms with van der Waals surface area (Å²) in [7, 11) is -3.73. The minimum atomic E-state index is -3.73. The molecule has 0 aliphatic heterocycles. The molecule has 3 rings (SSSR count). The monoisotopic (exact) mass is 345 g/mol. The zero-order valence-corrected chi connectivity index (χ0v) is 13.9. The molecule has 5 nitrogen and oxygen atoms in total. The Morgan fingerprint density at radius 1 is 1.08 bits per heavy atom. The van der Waals surface area contributed by atoms with Crippen LogP contribution in [0.1, 0.15) is 35.8 Å². The number of hydrogen-bond donors (Lipinski definition) is 2. The Bertz CT molecular complexity index is 812. The van der Waals surface area contributed by atoms with Gasteiger partial charge in [-0.05, 0) is 42.0 Å². The molecule has 1 unspecified atom stereocenters. The molecule has 1 fully saturated rings. The van der Waals surface area contributed by atoms with Crippen LogP contribution in [0.4, 0.5) is 0 Å². The Morgan fingerprint density at radius 3 is 2.25 bits per heavy atom. The van der Waals surface area contributed by atoms with E-state index in [2.05, 4.69) is 4.72 Å². The first-order valence-electron chi connectivity index (χ1n) is 7.85. The first kappa shape index (κ1) is 16.7. The van der Waals surface area contributed by atoms with E-state index in [0.717, 1.165) is 18.4 Å². The van der Waals surface area contributed by atoms with E-state index in [1.807, 2.05) is 12.1 Å². The molecule has 2 aromatic rings. The second-order valence-corrected chi connectivity index (χ2v) is 7.76. The van der Waals surface area contributed by atoms with E-state index in [1.54, 1.807) is 42.5 Å². The third kappa shape index (κ3) is 3.83. The van der Waals surface area contributed by atoms with Crippen molar-refractivity contribution in [2.24, 2.45) is 0 Å². The van der Waals surface area contributed by atoms with Gasteiger partial charge in [-0.2, -0.15) is 0 Å². The van der Waals surface area contributed by atoms with Crippen molar-refractivity contribution in [2.75, 3.05) is 6.54 Å². The van der Waals surface area contributed by atoms with Gasteiger partial charge in [-0.15, -0.1) is 0 Å². The first-order valence-corrected chi connectivity index (χ1v) is 9.33. The van der Waals surface area contributed by atoms with Crippen molar-refractivity contribution in [1.29, 1.82) is 0 Å². The molecule has 1 aliphatic carbocycles. The maximum absolute atomic E-state index is 12.4. The van der Waals surface area contributed by atoms with Crippen LogP contribution in [0.5, 0.6) is 0 Å². The van der Waals surface area contributed by atoms with Gasteiger partial charge in [0.05, 0.1) is 10.8 Å². The zero-order chi connectivity index (χ0) is 17.2. The summed E-state index contributed by atoms with van der Waals surface area (Å²) in [6, 6.07) is 15.4. The van der Waals surface area contributed by atoms with Crippen LogP contribution in [0.2, 0.25) is 0 Å². The van der Waals surface area contributed by atoms with Gasteiger partial charge in [0.2, 0.25) is 10.0 Å². The highest BCUT2D eigenvalue weighted by Gasteiger charge is 2.25. The fourth-order valence-electron chi connectivity index (χ4n) is 2.65. The number of rotatable bonds is 7. The van der Waals surface area contributed by atoms with Crippen molar-refractivity contribution in [2.45, 2.75) is 29.6 Å². The maximum atomic E-state index is 12.4. The van der Waals surface area contributed by atoms with E-state index in [1.165, 1.54) is 0 Å². The number of benzene rings is 2. The summed E-state index contributed by atoms with van der Waals surface area (Å²) in [5.41, 5.74) is 1.72. The molecule has 1 atom stereocenters. The highest BCUT2D eigenvalue weighted by Crippen LogP contribution is 2.40. The van der Waals surface area contributed by atoms with Crippen LogP contribution in [-0.2, 0) is 14.8 Å². The number of nitrogens with one attached hydrogen (secondary N) is 1. The van der Waals surface area contributed by atoms with Gasteiger partial charge in [0.15, 0.2) is 0 Å². The number of aliphatic carboxylic acids is 1. The van der Waals surface area contributed by atoms with Gasteiger partial charge < -0.3 is 5.11 Å². The molecule has 1 saturated carbocycles. The summed E-state index contributed by atoms with van der Waals surface area (Å²) < 4.78 is 27.2. The van der Waals surface area contributed by atoms with E-state index < -0.39 is 21.9 Å². The van der Waals surface area contributed by atoms with Crippen molar-refractivity contribution < 1.29 is 18.3 Å². The summed E-state index contributed by atoms with van der Waals surface area (Å²) in [6.45, 7) is -0.188. The molecule has 0 saturated heterocycles. The zero-order valence-electron chi connectivity index (χ0n) is 13.1. The number of sulfonamides is 1. The highest BCUT2D eigenvalue weighted by atomic mass is 32.2. The molecule has 2 N–H and O–H groups in total. The Balaban J connectivity index is 1.72. The lowest BCUT2D eigenvalue weighted by Gasteiger charge is -2.14. The van der Waals surface area contributed by atoms with Crippen LogP contribution in [-0.4, -0.2) is 26.0 Å². The summed E-state index contributed by atoms with van der Waals surface area (Å²) in [4.78, 5) is 11.6. The van der Waals surface area contributed by atoms with Crippen molar-refractivity contribution in [3.05, 3.63) is 65.7 Å². The predicted molar refractivity (Wildman–Crippen MR) is 90.4 cm³/mol. The van der Waals surface area contributed by atoms with E-state index >= 15 is 0 Å². The molecule has 0 spiro atoms. The van der Waals surface area contributed by atoms with Gasteiger partial charge in [0.25, 0.3) is 0 Å². The highest BCUT2D eigenvalue weighted by molar-refractivity contribution is 7.89. The SMILES string of the molecule is O=C(O)C(CNS(=O)(=O)c1ccc(C2CC2)cc1)c1ccccc1. The lowest BCUT2D eigenvalue weighted by atomic mass is 10.00. The van der Waals surface area contributed by atoms with Crippen molar-refractivity contribution in [3.8, 4) is 0 Å². The Labute approximate surface area is 141 Å². The van der Waals surface area contributed by atoms with Gasteiger partial charge in [-0.3, -0.25) is 4.79 Å². The maximum Gasteiger partial charge on any atom is 0.312 e. The molecule has 24 heavy (non-hydrogen) atoms. The number of hydrogen-bond acceptors (Lipinski definition) is 3. The molecule has 0 aromatic heterocycles. The Hall–Kier alpha value is -2.18. The molecule has 0 heterocycles. The molecule has 0 radical (unpaired) electrons. The summed E-state index contributed by atoms with van der Waals surface area (Å²) in [5.74, 6) is -1.43. The van der Waals surface area contributed by atoms with Crippen molar-refractivity contribution in [3.63, 3.8) is 0 Å². The van der Waals surface area contributed by atoms with E-state index in [0.29, 0.717) is 11.5 Å². The molecule has 6 heteroatoms. The van der Waals surface area contributed by atoms with Gasteiger partial charge >= 0.3 is 5.97 Å². The Morgan fingerprint density at radius 2 is 1.71 bits per heavy atom. The normalized spacial score (nSPS) is 15.8. The van der Waals surface area contributed by atoms with Crippen molar-refractivity contribution in [1.82, 2.24) is 4.72 Å². The molecule has 0 bridgehead atoms. The first-order chi connectivity index (χ1) is 11.5. The van der Waals surface area contributed by atoms with Gasteiger partial charge in [0, 0.05) is 6.54 Å². The molecule has 2 aromatic carbocycles. The minimum Gasteiger partial charge on any atom is -0.481 e. The van der Waals surface area contributed by atoms with Crippen LogP contribution in [0, 0.1) is 0 Å². The standard InChI is InChI=1S/C18H19NO4S/c20-18(21)17(15-4-2-1-3-5-15)12-19-24(22,23)16-10-8-14(9-11-16)13-6-7-13/h1-5,8-11,13,17,19H,6-7,12H2,(H,20,21). The van der Waals surface area contributed by atoms with Crippen LogP contribution < -0.4 is 4.72 Å². The van der Waals surface area contributed by atoms with Crippen LogP contribution >= 0.6 is 0 Å². The molecule has 1 aliphatic rings. The lowest BCUT2D eigenvalue weighted by molar-refractivity contribution is -0.138. The second kappa shape index (κ2) is 6.75. The smallest absolute Gasteiger partial charge is 0.312 e. The van der Waals surface area contributed by atoms with Gasteiger partial charge in [0.1, 0.15) is 0 Å². The quantitative estimate of drug-likeness (QED) is 0.808. The van der Waals surface area contributed by atoms with Gasteiger partial charge in [-0.25, -0.2) is 13.1 Å². The summed E-state index contributed by atoms with van der Waals surface area (Å²) >= 11 is 0. The summed E-state index contributed by atoms with van der Waals surface area (Å²) in [5, 5.41) is 9.36. The summed E-state index contributed by atoms with van der Waals surface area (Å²) in [6.07, 6.45) is 2.31. The number of carboxylic acid groups (broad SMARTS) is 1. The average Bonchev–Trinajstić information content (AvgIpc) is 3.41. The third-order valence-corrected chi connectivity index (χ3v) is 5.66. The van der Waals surface area contributed by atoms with E-state index in [-0.39, 0.29) is 11.4 Å². The second-order valence-electron chi connectivity index (χ2n) is 6.00. The topological polar surface area (TPSA) is 83.5 Å². The molecular weight excluding hydrogens is 326 g/mol. The molecule has 0 amide bonds. The average molecular weight is 345 g/mol. The largest absolute Gasteiger partial charge is 0.481 e. The van der Waals surface area contributed by atoms with E-state index in [9.17, 15) is 18.3 Å². The lowest BCUT2D eigenvalue weighted by Crippen LogP contribution is -2.31. The minimum absolute atomic E-state index is 0.157. The fraction of sp³-hybridized carbons (Fsp3) is 0.278.